The zero-order valence-electron chi connectivity index (χ0n) is 13.7. The molecule has 0 bridgehead atoms. The van der Waals surface area contributed by atoms with E-state index in [1.807, 2.05) is 30.0 Å². The van der Waals surface area contributed by atoms with Crippen LogP contribution in [0.25, 0.3) is 0 Å². The molecule has 1 atom stereocenters. The van der Waals surface area contributed by atoms with Gasteiger partial charge in [0.1, 0.15) is 0 Å². The van der Waals surface area contributed by atoms with Gasteiger partial charge in [-0.25, -0.2) is 8.42 Å². The number of likely N-dealkylation sites (tertiary alicyclic amines) is 1. The van der Waals surface area contributed by atoms with Crippen LogP contribution in [0.1, 0.15) is 36.8 Å². The number of carbonyl (C=O) groups is 1. The maximum Gasteiger partial charge on any atom is 0.230 e. The number of fused-ring (bicyclic) bond motifs is 1. The van der Waals surface area contributed by atoms with Gasteiger partial charge < -0.3 is 4.90 Å². The number of rotatable bonds is 4. The summed E-state index contributed by atoms with van der Waals surface area (Å²) in [6.45, 7) is 3.65. The molecule has 1 fully saturated rings. The first-order valence-electron chi connectivity index (χ1n) is 8.25. The standard InChI is InChI=1S/C17H24N2O3S/c1-3-19(23(2,21)22)14-8-10-18(11-9-14)17(20)16-12-13-6-4-5-7-15(13)16/h4-7,14,16H,3,8-12H2,1-2H3. The monoisotopic (exact) mass is 336 g/mol. The summed E-state index contributed by atoms with van der Waals surface area (Å²) in [6.07, 6.45) is 3.54. The average Bonchev–Trinajstić information content (AvgIpc) is 2.48. The van der Waals surface area contributed by atoms with E-state index in [0.717, 1.165) is 24.8 Å². The lowest BCUT2D eigenvalue weighted by Gasteiger charge is -2.40. The summed E-state index contributed by atoms with van der Waals surface area (Å²) in [6, 6.07) is 8.13. The van der Waals surface area contributed by atoms with Crippen molar-refractivity contribution < 1.29 is 13.2 Å². The van der Waals surface area contributed by atoms with Gasteiger partial charge >= 0.3 is 0 Å². The molecule has 6 heteroatoms. The van der Waals surface area contributed by atoms with Gasteiger partial charge in [0, 0.05) is 25.7 Å². The molecule has 0 saturated carbocycles. The molecular weight excluding hydrogens is 312 g/mol. The highest BCUT2D eigenvalue weighted by Gasteiger charge is 2.37. The summed E-state index contributed by atoms with van der Waals surface area (Å²) < 4.78 is 25.2. The number of hydrogen-bond donors (Lipinski definition) is 0. The van der Waals surface area contributed by atoms with Crippen LogP contribution in [0.5, 0.6) is 0 Å². The summed E-state index contributed by atoms with van der Waals surface area (Å²) >= 11 is 0. The molecule has 0 radical (unpaired) electrons. The highest BCUT2D eigenvalue weighted by Crippen LogP contribution is 2.36. The minimum absolute atomic E-state index is 0.0000593. The van der Waals surface area contributed by atoms with E-state index in [1.165, 1.54) is 11.8 Å². The van der Waals surface area contributed by atoms with Crippen molar-refractivity contribution in [3.8, 4) is 0 Å². The van der Waals surface area contributed by atoms with Crippen LogP contribution in [-0.2, 0) is 21.2 Å². The highest BCUT2D eigenvalue weighted by atomic mass is 32.2. The van der Waals surface area contributed by atoms with E-state index in [9.17, 15) is 13.2 Å². The third kappa shape index (κ3) is 3.15. The molecular formula is C17H24N2O3S. The van der Waals surface area contributed by atoms with Crippen molar-refractivity contribution in [3.05, 3.63) is 35.4 Å². The Morgan fingerprint density at radius 1 is 1.26 bits per heavy atom. The van der Waals surface area contributed by atoms with Gasteiger partial charge in [0.25, 0.3) is 0 Å². The topological polar surface area (TPSA) is 57.7 Å². The normalized spacial score (nSPS) is 21.9. The van der Waals surface area contributed by atoms with Crippen LogP contribution in [0.15, 0.2) is 24.3 Å². The van der Waals surface area contributed by atoms with Crippen molar-refractivity contribution in [1.29, 1.82) is 0 Å². The minimum Gasteiger partial charge on any atom is -0.342 e. The number of nitrogens with zero attached hydrogens (tertiary/aromatic N) is 2. The number of hydrogen-bond acceptors (Lipinski definition) is 3. The van der Waals surface area contributed by atoms with Crippen LogP contribution in [0.3, 0.4) is 0 Å². The predicted octanol–water partition coefficient (Wildman–Crippen LogP) is 1.60. The van der Waals surface area contributed by atoms with Crippen LogP contribution in [0, 0.1) is 0 Å². The quantitative estimate of drug-likeness (QED) is 0.839. The molecule has 1 aliphatic carbocycles. The molecule has 2 aliphatic rings. The summed E-state index contributed by atoms with van der Waals surface area (Å²) in [5.74, 6) is 0.199. The SMILES string of the molecule is CCN(C1CCN(C(=O)C2Cc3ccccc32)CC1)S(C)(=O)=O. The molecule has 1 aromatic rings. The van der Waals surface area contributed by atoms with E-state index in [1.54, 1.807) is 4.31 Å². The first-order chi connectivity index (χ1) is 10.9. The van der Waals surface area contributed by atoms with Gasteiger partial charge in [0.05, 0.1) is 12.2 Å². The summed E-state index contributed by atoms with van der Waals surface area (Å²) in [7, 11) is -3.17. The summed E-state index contributed by atoms with van der Waals surface area (Å²) in [5, 5.41) is 0. The lowest BCUT2D eigenvalue weighted by Crippen LogP contribution is -2.50. The molecule has 0 aromatic heterocycles. The van der Waals surface area contributed by atoms with E-state index in [2.05, 4.69) is 6.07 Å². The number of carbonyl (C=O) groups excluding carboxylic acids is 1. The summed E-state index contributed by atoms with van der Waals surface area (Å²) in [4.78, 5) is 14.6. The molecule has 0 N–H and O–H groups in total. The fourth-order valence-electron chi connectivity index (χ4n) is 3.84. The first kappa shape index (κ1) is 16.5. The van der Waals surface area contributed by atoms with E-state index in [4.69, 9.17) is 0 Å². The van der Waals surface area contributed by atoms with Crippen LogP contribution >= 0.6 is 0 Å². The average molecular weight is 336 g/mol. The maximum atomic E-state index is 12.7. The number of piperidine rings is 1. The fourth-order valence-corrected chi connectivity index (χ4v) is 5.06. The molecule has 1 amide bonds. The number of amides is 1. The van der Waals surface area contributed by atoms with Crippen molar-refractivity contribution >= 4 is 15.9 Å². The molecule has 1 aliphatic heterocycles. The molecule has 126 valence electrons. The predicted molar refractivity (Wildman–Crippen MR) is 89.7 cm³/mol. The Bertz CT molecular complexity index is 694. The minimum atomic E-state index is -3.17. The van der Waals surface area contributed by atoms with E-state index in [-0.39, 0.29) is 17.9 Å². The van der Waals surface area contributed by atoms with Crippen LogP contribution in [0.2, 0.25) is 0 Å². The van der Waals surface area contributed by atoms with Crippen LogP contribution in [-0.4, -0.2) is 55.5 Å². The second-order valence-corrected chi connectivity index (χ2v) is 8.41. The van der Waals surface area contributed by atoms with Crippen LogP contribution < -0.4 is 0 Å². The Balaban J connectivity index is 1.61. The van der Waals surface area contributed by atoms with E-state index < -0.39 is 10.0 Å². The van der Waals surface area contributed by atoms with Gasteiger partial charge in [0.2, 0.25) is 15.9 Å². The Morgan fingerprint density at radius 3 is 2.48 bits per heavy atom. The Hall–Kier alpha value is -1.40. The Kier molecular flexibility index (Phi) is 4.47. The zero-order valence-corrected chi connectivity index (χ0v) is 14.6. The zero-order chi connectivity index (χ0) is 16.6. The molecule has 1 heterocycles. The van der Waals surface area contributed by atoms with Crippen molar-refractivity contribution in [3.63, 3.8) is 0 Å². The molecule has 5 nitrogen and oxygen atoms in total. The maximum absolute atomic E-state index is 12.7. The smallest absolute Gasteiger partial charge is 0.230 e. The fraction of sp³-hybridized carbons (Fsp3) is 0.588. The first-order valence-corrected chi connectivity index (χ1v) is 10.1. The number of sulfonamides is 1. The van der Waals surface area contributed by atoms with Gasteiger partial charge in [-0.3, -0.25) is 4.79 Å². The Labute approximate surface area is 138 Å². The van der Waals surface area contributed by atoms with Crippen molar-refractivity contribution in [1.82, 2.24) is 9.21 Å². The lowest BCUT2D eigenvalue weighted by atomic mass is 9.76. The van der Waals surface area contributed by atoms with Gasteiger partial charge in [-0.1, -0.05) is 31.2 Å². The largest absolute Gasteiger partial charge is 0.342 e. The van der Waals surface area contributed by atoms with E-state index >= 15 is 0 Å². The number of benzene rings is 1. The van der Waals surface area contributed by atoms with Crippen LogP contribution in [0.4, 0.5) is 0 Å². The molecule has 1 unspecified atom stereocenters. The second-order valence-electron chi connectivity index (χ2n) is 6.48. The van der Waals surface area contributed by atoms with Gasteiger partial charge in [0.15, 0.2) is 0 Å². The van der Waals surface area contributed by atoms with Crippen molar-refractivity contribution in [2.45, 2.75) is 38.1 Å². The lowest BCUT2D eigenvalue weighted by molar-refractivity contribution is -0.134. The Morgan fingerprint density at radius 2 is 1.91 bits per heavy atom. The second kappa shape index (κ2) is 6.24. The molecule has 1 aromatic carbocycles. The molecule has 23 heavy (non-hydrogen) atoms. The molecule has 3 rings (SSSR count). The highest BCUT2D eigenvalue weighted by molar-refractivity contribution is 7.88. The van der Waals surface area contributed by atoms with Gasteiger partial charge in [-0.2, -0.15) is 4.31 Å². The summed E-state index contributed by atoms with van der Waals surface area (Å²) in [5.41, 5.74) is 2.43. The van der Waals surface area contributed by atoms with Gasteiger partial charge in [-0.15, -0.1) is 0 Å². The van der Waals surface area contributed by atoms with Crippen molar-refractivity contribution in [2.75, 3.05) is 25.9 Å². The molecule has 1 saturated heterocycles. The van der Waals surface area contributed by atoms with E-state index in [0.29, 0.717) is 19.6 Å². The third-order valence-electron chi connectivity index (χ3n) is 5.07. The van der Waals surface area contributed by atoms with Gasteiger partial charge in [-0.05, 0) is 30.4 Å². The van der Waals surface area contributed by atoms with Crippen molar-refractivity contribution in [2.24, 2.45) is 0 Å². The third-order valence-corrected chi connectivity index (χ3v) is 6.48. The molecule has 0 spiro atoms.